The van der Waals surface area contributed by atoms with Gasteiger partial charge in [0.25, 0.3) is 0 Å². The summed E-state index contributed by atoms with van der Waals surface area (Å²) in [7, 11) is 1.65. The molecule has 0 aromatic rings. The second kappa shape index (κ2) is 3.05. The summed E-state index contributed by atoms with van der Waals surface area (Å²) >= 11 is 0. The van der Waals surface area contributed by atoms with Crippen LogP contribution in [0.3, 0.4) is 0 Å². The molecule has 1 aliphatic rings. The standard InChI is InChI=1S/C8H12O3/c1-5(8(9)10)6-3-7(4-6)11-2/h7H,3-4H2,1-2H3,(H,9,10). The third-order valence-corrected chi connectivity index (χ3v) is 2.13. The van der Waals surface area contributed by atoms with Gasteiger partial charge in [0.05, 0.1) is 6.10 Å². The molecule has 1 fully saturated rings. The summed E-state index contributed by atoms with van der Waals surface area (Å²) in [6, 6.07) is 0. The van der Waals surface area contributed by atoms with Gasteiger partial charge in [-0.05, 0) is 19.8 Å². The van der Waals surface area contributed by atoms with Gasteiger partial charge < -0.3 is 9.84 Å². The average Bonchev–Trinajstić information content (AvgIpc) is 1.85. The quantitative estimate of drug-likeness (QED) is 0.611. The van der Waals surface area contributed by atoms with Crippen LogP contribution in [0.1, 0.15) is 19.8 Å². The molecule has 1 saturated carbocycles. The molecule has 0 aliphatic heterocycles. The molecule has 11 heavy (non-hydrogen) atoms. The van der Waals surface area contributed by atoms with Gasteiger partial charge in [-0.2, -0.15) is 0 Å². The van der Waals surface area contributed by atoms with Gasteiger partial charge in [0.15, 0.2) is 0 Å². The second-order valence-electron chi connectivity index (χ2n) is 2.80. The van der Waals surface area contributed by atoms with Crippen molar-refractivity contribution >= 4 is 5.97 Å². The largest absolute Gasteiger partial charge is 0.478 e. The number of hydrogen-bond donors (Lipinski definition) is 1. The summed E-state index contributed by atoms with van der Waals surface area (Å²) in [5, 5.41) is 8.58. The van der Waals surface area contributed by atoms with Gasteiger partial charge in [-0.25, -0.2) is 4.79 Å². The summed E-state index contributed by atoms with van der Waals surface area (Å²) in [4.78, 5) is 10.4. The van der Waals surface area contributed by atoms with Gasteiger partial charge in [0, 0.05) is 12.7 Å². The second-order valence-corrected chi connectivity index (χ2v) is 2.80. The number of carbonyl (C=O) groups is 1. The molecular weight excluding hydrogens is 144 g/mol. The summed E-state index contributed by atoms with van der Waals surface area (Å²) < 4.78 is 5.02. The normalized spacial score (nSPS) is 22.7. The first kappa shape index (κ1) is 8.27. The monoisotopic (exact) mass is 156 g/mol. The predicted molar refractivity (Wildman–Crippen MR) is 40.4 cm³/mol. The minimum absolute atomic E-state index is 0.249. The van der Waals surface area contributed by atoms with Crippen molar-refractivity contribution in [3.8, 4) is 0 Å². The van der Waals surface area contributed by atoms with Gasteiger partial charge in [0.2, 0.25) is 0 Å². The van der Waals surface area contributed by atoms with Crippen LogP contribution in [0.25, 0.3) is 0 Å². The summed E-state index contributed by atoms with van der Waals surface area (Å²) in [6.45, 7) is 1.64. The zero-order valence-corrected chi connectivity index (χ0v) is 6.76. The van der Waals surface area contributed by atoms with Gasteiger partial charge in [-0.15, -0.1) is 0 Å². The molecule has 1 N–H and O–H groups in total. The summed E-state index contributed by atoms with van der Waals surface area (Å²) in [5.74, 6) is -0.811. The zero-order chi connectivity index (χ0) is 8.43. The molecule has 0 aromatic heterocycles. The van der Waals surface area contributed by atoms with Crippen molar-refractivity contribution in [2.45, 2.75) is 25.9 Å². The lowest BCUT2D eigenvalue weighted by Crippen LogP contribution is -2.25. The van der Waals surface area contributed by atoms with Crippen LogP contribution < -0.4 is 0 Å². The first-order valence-corrected chi connectivity index (χ1v) is 3.60. The number of carboxylic acid groups (broad SMARTS) is 1. The van der Waals surface area contributed by atoms with E-state index in [0.29, 0.717) is 5.57 Å². The van der Waals surface area contributed by atoms with Gasteiger partial charge in [0.1, 0.15) is 0 Å². The third-order valence-electron chi connectivity index (χ3n) is 2.13. The fourth-order valence-corrected chi connectivity index (χ4v) is 1.11. The SMILES string of the molecule is COC1CC(=C(C)C(=O)O)C1. The minimum Gasteiger partial charge on any atom is -0.478 e. The van der Waals surface area contributed by atoms with E-state index in [2.05, 4.69) is 0 Å². The Morgan fingerprint density at radius 2 is 2.18 bits per heavy atom. The molecule has 3 heteroatoms. The molecule has 0 atom stereocenters. The van der Waals surface area contributed by atoms with Gasteiger partial charge in [-0.3, -0.25) is 0 Å². The number of aliphatic carboxylic acids is 1. The van der Waals surface area contributed by atoms with Crippen LogP contribution in [0.5, 0.6) is 0 Å². The molecule has 3 nitrogen and oxygen atoms in total. The molecule has 0 aromatic carbocycles. The highest BCUT2D eigenvalue weighted by Crippen LogP contribution is 2.31. The van der Waals surface area contributed by atoms with Crippen molar-refractivity contribution in [1.29, 1.82) is 0 Å². The Hall–Kier alpha value is -0.830. The predicted octanol–water partition coefficient (Wildman–Crippen LogP) is 1.20. The van der Waals surface area contributed by atoms with Crippen LogP contribution in [0.4, 0.5) is 0 Å². The summed E-state index contributed by atoms with van der Waals surface area (Å²) in [5.41, 5.74) is 1.50. The molecule has 0 amide bonds. The number of methoxy groups -OCH3 is 1. The van der Waals surface area contributed by atoms with E-state index in [1.54, 1.807) is 14.0 Å². The van der Waals surface area contributed by atoms with E-state index in [-0.39, 0.29) is 6.10 Å². The van der Waals surface area contributed by atoms with E-state index in [9.17, 15) is 4.79 Å². The molecule has 62 valence electrons. The zero-order valence-electron chi connectivity index (χ0n) is 6.76. The Morgan fingerprint density at radius 1 is 1.64 bits per heavy atom. The van der Waals surface area contributed by atoms with Crippen LogP contribution in [0.2, 0.25) is 0 Å². The minimum atomic E-state index is -0.811. The van der Waals surface area contributed by atoms with E-state index >= 15 is 0 Å². The van der Waals surface area contributed by atoms with E-state index in [4.69, 9.17) is 9.84 Å². The number of carboxylic acids is 1. The fourth-order valence-electron chi connectivity index (χ4n) is 1.11. The van der Waals surface area contributed by atoms with Crippen molar-refractivity contribution in [2.75, 3.05) is 7.11 Å². The molecule has 0 bridgehead atoms. The maximum atomic E-state index is 10.4. The molecular formula is C8H12O3. The lowest BCUT2D eigenvalue weighted by atomic mass is 9.85. The third kappa shape index (κ3) is 1.60. The molecule has 0 heterocycles. The highest BCUT2D eigenvalue weighted by Gasteiger charge is 2.26. The van der Waals surface area contributed by atoms with Gasteiger partial charge >= 0.3 is 5.97 Å². The topological polar surface area (TPSA) is 46.5 Å². The Balaban J connectivity index is 2.52. The molecule has 0 radical (unpaired) electrons. The number of rotatable bonds is 2. The van der Waals surface area contributed by atoms with E-state index in [1.807, 2.05) is 0 Å². The molecule has 0 saturated heterocycles. The highest BCUT2D eigenvalue weighted by atomic mass is 16.5. The van der Waals surface area contributed by atoms with Crippen LogP contribution in [0, 0.1) is 0 Å². The Bertz CT molecular complexity index is 197. The van der Waals surface area contributed by atoms with Crippen molar-refractivity contribution in [3.05, 3.63) is 11.1 Å². The molecule has 0 spiro atoms. The maximum absolute atomic E-state index is 10.4. The van der Waals surface area contributed by atoms with E-state index in [0.717, 1.165) is 18.4 Å². The Kier molecular flexibility index (Phi) is 2.29. The van der Waals surface area contributed by atoms with E-state index < -0.39 is 5.97 Å². The first-order chi connectivity index (χ1) is 5.15. The van der Waals surface area contributed by atoms with Crippen molar-refractivity contribution in [2.24, 2.45) is 0 Å². The average molecular weight is 156 g/mol. The van der Waals surface area contributed by atoms with Crippen LogP contribution in [-0.4, -0.2) is 24.3 Å². The summed E-state index contributed by atoms with van der Waals surface area (Å²) in [6.07, 6.45) is 1.82. The smallest absolute Gasteiger partial charge is 0.331 e. The highest BCUT2D eigenvalue weighted by molar-refractivity contribution is 5.87. The lowest BCUT2D eigenvalue weighted by Gasteiger charge is -2.28. The van der Waals surface area contributed by atoms with Crippen LogP contribution in [-0.2, 0) is 9.53 Å². The van der Waals surface area contributed by atoms with Crippen LogP contribution in [0.15, 0.2) is 11.1 Å². The van der Waals surface area contributed by atoms with E-state index in [1.165, 1.54) is 0 Å². The van der Waals surface area contributed by atoms with Crippen molar-refractivity contribution < 1.29 is 14.6 Å². The van der Waals surface area contributed by atoms with Gasteiger partial charge in [-0.1, -0.05) is 5.57 Å². The van der Waals surface area contributed by atoms with Crippen molar-refractivity contribution in [1.82, 2.24) is 0 Å². The van der Waals surface area contributed by atoms with Crippen molar-refractivity contribution in [3.63, 3.8) is 0 Å². The lowest BCUT2D eigenvalue weighted by molar-refractivity contribution is -0.132. The fraction of sp³-hybridized carbons (Fsp3) is 0.625. The van der Waals surface area contributed by atoms with Crippen LogP contribution >= 0.6 is 0 Å². The number of ether oxygens (including phenoxy) is 1. The molecule has 0 unspecified atom stereocenters. The Morgan fingerprint density at radius 3 is 2.55 bits per heavy atom. The molecule has 1 rings (SSSR count). The maximum Gasteiger partial charge on any atom is 0.331 e. The first-order valence-electron chi connectivity index (χ1n) is 3.60. The Labute approximate surface area is 65.7 Å². The molecule has 1 aliphatic carbocycles. The number of hydrogen-bond acceptors (Lipinski definition) is 2.